The Labute approximate surface area is 179 Å². The van der Waals surface area contributed by atoms with Gasteiger partial charge in [-0.3, -0.25) is 14.5 Å². The number of nitrogens with zero attached hydrogens (tertiary/aromatic N) is 1. The summed E-state index contributed by atoms with van der Waals surface area (Å²) >= 11 is 0. The summed E-state index contributed by atoms with van der Waals surface area (Å²) in [7, 11) is 0. The van der Waals surface area contributed by atoms with Gasteiger partial charge in [0.25, 0.3) is 11.8 Å². The second-order valence-corrected chi connectivity index (χ2v) is 7.35. The number of benzene rings is 2. The van der Waals surface area contributed by atoms with E-state index in [1.54, 1.807) is 18.2 Å². The molecule has 1 heterocycles. The molecule has 2 aromatic rings. The summed E-state index contributed by atoms with van der Waals surface area (Å²) in [6.07, 6.45) is 5.06. The molecule has 1 aliphatic heterocycles. The van der Waals surface area contributed by atoms with Crippen LogP contribution >= 0.6 is 0 Å². The molecule has 4 rings (SSSR count). The van der Waals surface area contributed by atoms with E-state index in [9.17, 15) is 29.4 Å². The summed E-state index contributed by atoms with van der Waals surface area (Å²) in [5, 5.41) is 21.4. The number of rotatable bonds is 3. The molecule has 0 fully saturated rings. The molecule has 2 amide bonds. The average molecular weight is 419 g/mol. The number of aryl methyl sites for hydroxylation is 1. The molecule has 0 saturated carbocycles. The number of hydrogen-bond acceptors (Lipinski definition) is 6. The number of fused-ring (bicyclic) bond motifs is 2. The molecule has 1 aliphatic carbocycles. The molecule has 0 N–H and O–H groups in total. The number of allylic oxidation sites excluding steroid dienone is 2. The highest BCUT2D eigenvalue weighted by atomic mass is 16.4. The molecule has 7 nitrogen and oxygen atoms in total. The van der Waals surface area contributed by atoms with Crippen LogP contribution in [0.25, 0.3) is 5.57 Å². The number of carbonyl (C=O) groups is 4. The first-order chi connectivity index (χ1) is 14.8. The van der Waals surface area contributed by atoms with E-state index in [2.05, 4.69) is 0 Å². The zero-order chi connectivity index (χ0) is 22.7. The molecule has 0 atom stereocenters. The van der Waals surface area contributed by atoms with Crippen LogP contribution in [0.1, 0.15) is 67.5 Å². The molecule has 0 radical (unpaired) electrons. The van der Waals surface area contributed by atoms with Crippen LogP contribution in [-0.2, 0) is 11.2 Å². The van der Waals surface area contributed by atoms with Gasteiger partial charge in [-0.15, -0.1) is 0 Å². The molecule has 7 heteroatoms. The van der Waals surface area contributed by atoms with Gasteiger partial charge in [-0.05, 0) is 67.5 Å². The van der Waals surface area contributed by atoms with E-state index in [1.165, 1.54) is 23.3 Å². The van der Waals surface area contributed by atoms with Crippen molar-refractivity contribution in [3.63, 3.8) is 0 Å². The first-order valence-electron chi connectivity index (χ1n) is 9.90. The van der Waals surface area contributed by atoms with Crippen LogP contribution in [-0.4, -0.2) is 35.2 Å². The molecule has 0 aromatic heterocycles. The van der Waals surface area contributed by atoms with Gasteiger partial charge in [0, 0.05) is 5.56 Å². The van der Waals surface area contributed by atoms with Crippen LogP contribution < -0.4 is 10.2 Å². The number of carbonyl (C=O) groups excluding carboxylic acids is 4. The number of carboxylic acids is 2. The molecule has 2 aliphatic rings. The summed E-state index contributed by atoms with van der Waals surface area (Å²) in [4.78, 5) is 45.2. The van der Waals surface area contributed by atoms with Crippen LogP contribution in [0, 0.1) is 6.92 Å². The topological polar surface area (TPSA) is 118 Å². The molecular weight excluding hydrogens is 398 g/mol. The van der Waals surface area contributed by atoms with Crippen molar-refractivity contribution >= 4 is 29.3 Å². The minimum absolute atomic E-state index is 0.240. The monoisotopic (exact) mass is 419 g/mol. The van der Waals surface area contributed by atoms with Gasteiger partial charge in [0.05, 0.1) is 29.6 Å². The highest BCUT2D eigenvalue weighted by molar-refractivity contribution is 6.22. The summed E-state index contributed by atoms with van der Waals surface area (Å²) in [5.74, 6) is -3.69. The van der Waals surface area contributed by atoms with Crippen LogP contribution in [0.5, 0.6) is 0 Å². The fourth-order valence-electron chi connectivity index (χ4n) is 3.99. The van der Waals surface area contributed by atoms with E-state index in [0.29, 0.717) is 10.5 Å². The number of carboxylic acid groups (broad SMARTS) is 2. The highest BCUT2D eigenvalue weighted by Gasteiger charge is 2.34. The molecule has 160 valence electrons. The van der Waals surface area contributed by atoms with E-state index in [0.717, 1.165) is 30.4 Å². The zero-order valence-electron chi connectivity index (χ0n) is 17.3. The van der Waals surface area contributed by atoms with Crippen molar-refractivity contribution < 1.29 is 29.4 Å². The highest BCUT2D eigenvalue weighted by Crippen LogP contribution is 2.34. The van der Waals surface area contributed by atoms with Crippen molar-refractivity contribution in [2.24, 2.45) is 0 Å². The van der Waals surface area contributed by atoms with Crippen molar-refractivity contribution in [2.45, 2.75) is 33.1 Å². The quantitative estimate of drug-likeness (QED) is 0.689. The summed E-state index contributed by atoms with van der Waals surface area (Å²) in [5.41, 5.74) is 5.24. The lowest BCUT2D eigenvalue weighted by Crippen LogP contribution is -2.41. The molecule has 2 aromatic carbocycles. The van der Waals surface area contributed by atoms with E-state index in [4.69, 9.17) is 0 Å². The second-order valence-electron chi connectivity index (χ2n) is 7.35. The SMILES string of the molecule is C/C=C1\CCCc2c(C)ccc(C(=O)[O-])c21.O=C([O-])CN1C(=O)c2ccccc2C1=O. The Balaban J connectivity index is 0.000000176. The Hall–Kier alpha value is -3.74. The fraction of sp³-hybridized carbons (Fsp3) is 0.250. The van der Waals surface area contributed by atoms with Gasteiger partial charge in [-0.2, -0.15) is 0 Å². The molecule has 0 bridgehead atoms. The third kappa shape index (κ3) is 4.26. The standard InChI is InChI=1S/C14H16O2.C10H7NO4/c1-3-10-5-4-6-11-9(2)7-8-12(13(10)11)14(15)16;12-8(13)5-11-9(14)6-3-1-2-4-7(6)10(11)15/h3,7-8H,4-6H2,1-2H3,(H,15,16);1-4H,5H2,(H,12,13)/p-2/b10-3+;. The lowest BCUT2D eigenvalue weighted by atomic mass is 9.82. The third-order valence-electron chi connectivity index (χ3n) is 5.47. The van der Waals surface area contributed by atoms with Crippen molar-refractivity contribution in [3.05, 3.63) is 75.9 Å². The van der Waals surface area contributed by atoms with Gasteiger partial charge in [0.15, 0.2) is 0 Å². The summed E-state index contributed by atoms with van der Waals surface area (Å²) in [6, 6.07) is 9.76. The van der Waals surface area contributed by atoms with Crippen molar-refractivity contribution in [1.82, 2.24) is 4.90 Å². The van der Waals surface area contributed by atoms with Crippen LogP contribution in [0.4, 0.5) is 0 Å². The Morgan fingerprint density at radius 2 is 1.61 bits per heavy atom. The minimum atomic E-state index is -1.45. The predicted molar refractivity (Wildman–Crippen MR) is 109 cm³/mol. The van der Waals surface area contributed by atoms with E-state index >= 15 is 0 Å². The molecule has 0 spiro atoms. The van der Waals surface area contributed by atoms with Crippen LogP contribution in [0.15, 0.2) is 42.5 Å². The number of amides is 2. The normalized spacial score (nSPS) is 15.8. The first-order valence-corrected chi connectivity index (χ1v) is 9.90. The van der Waals surface area contributed by atoms with Crippen molar-refractivity contribution in [2.75, 3.05) is 6.54 Å². The number of imide groups is 1. The minimum Gasteiger partial charge on any atom is -0.548 e. The molecular formula is C24H21NO6-2. The van der Waals surface area contributed by atoms with Crippen molar-refractivity contribution in [3.8, 4) is 0 Å². The van der Waals surface area contributed by atoms with Crippen LogP contribution in [0.2, 0.25) is 0 Å². The second kappa shape index (κ2) is 8.95. The maximum atomic E-state index is 11.6. The maximum absolute atomic E-state index is 11.6. The van der Waals surface area contributed by atoms with E-state index in [-0.39, 0.29) is 11.1 Å². The fourth-order valence-corrected chi connectivity index (χ4v) is 3.99. The van der Waals surface area contributed by atoms with Gasteiger partial charge in [-0.25, -0.2) is 0 Å². The smallest absolute Gasteiger partial charge is 0.261 e. The van der Waals surface area contributed by atoms with Gasteiger partial charge >= 0.3 is 0 Å². The van der Waals surface area contributed by atoms with Crippen LogP contribution in [0.3, 0.4) is 0 Å². The van der Waals surface area contributed by atoms with Gasteiger partial charge in [0.2, 0.25) is 0 Å². The summed E-state index contributed by atoms with van der Waals surface area (Å²) < 4.78 is 0. The average Bonchev–Trinajstić information content (AvgIpc) is 2.99. The van der Waals surface area contributed by atoms with Gasteiger partial charge in [0.1, 0.15) is 0 Å². The van der Waals surface area contributed by atoms with E-state index in [1.807, 2.05) is 26.0 Å². The maximum Gasteiger partial charge on any atom is 0.261 e. The molecule has 0 saturated heterocycles. The van der Waals surface area contributed by atoms with Gasteiger partial charge < -0.3 is 19.8 Å². The third-order valence-corrected chi connectivity index (χ3v) is 5.47. The Kier molecular flexibility index (Phi) is 6.34. The molecule has 0 unspecified atom stereocenters. The Bertz CT molecular complexity index is 1080. The van der Waals surface area contributed by atoms with Gasteiger partial charge in [-0.1, -0.05) is 30.3 Å². The molecule has 31 heavy (non-hydrogen) atoms. The number of hydrogen-bond donors (Lipinski definition) is 0. The lowest BCUT2D eigenvalue weighted by Gasteiger charge is -2.24. The lowest BCUT2D eigenvalue weighted by molar-refractivity contribution is -0.305. The first kappa shape index (κ1) is 22.0. The van der Waals surface area contributed by atoms with E-state index < -0.39 is 30.3 Å². The Morgan fingerprint density at radius 3 is 2.13 bits per heavy atom. The zero-order valence-corrected chi connectivity index (χ0v) is 17.3. The number of aliphatic carboxylic acids is 1. The van der Waals surface area contributed by atoms with Crippen molar-refractivity contribution in [1.29, 1.82) is 0 Å². The largest absolute Gasteiger partial charge is 0.548 e. The predicted octanol–water partition coefficient (Wildman–Crippen LogP) is 1.13. The number of aromatic carboxylic acids is 1. The summed E-state index contributed by atoms with van der Waals surface area (Å²) in [6.45, 7) is 3.30. The Morgan fingerprint density at radius 1 is 1.00 bits per heavy atom.